The molecule has 118 valence electrons. The summed E-state index contributed by atoms with van der Waals surface area (Å²) < 4.78 is 18.3. The largest absolute Gasteiger partial charge is 0.396 e. The number of ether oxygens (including phenoxy) is 3. The molecule has 6 atom stereocenters. The molecule has 0 radical (unpaired) electrons. The summed E-state index contributed by atoms with van der Waals surface area (Å²) in [4.78, 5) is 0. The molecule has 5 nitrogen and oxygen atoms in total. The highest BCUT2D eigenvalue weighted by Crippen LogP contribution is 2.53. The first-order chi connectivity index (χ1) is 9.10. The molecule has 0 unspecified atom stereocenters. The molecule has 5 heteroatoms. The van der Waals surface area contributed by atoms with Gasteiger partial charge in [-0.15, -0.1) is 0 Å². The summed E-state index contributed by atoms with van der Waals surface area (Å²) in [5.41, 5.74) is -1.50. The van der Waals surface area contributed by atoms with E-state index in [-0.39, 0.29) is 24.7 Å². The highest BCUT2D eigenvalue weighted by atomic mass is 16.8. The number of aliphatic hydroxyl groups excluding tert-OH is 2. The third kappa shape index (κ3) is 2.20. The van der Waals surface area contributed by atoms with E-state index in [9.17, 15) is 10.2 Å². The first-order valence-electron chi connectivity index (χ1n) is 7.45. The molecule has 0 bridgehead atoms. The predicted molar refractivity (Wildman–Crippen MR) is 74.3 cm³/mol. The van der Waals surface area contributed by atoms with Gasteiger partial charge < -0.3 is 24.4 Å². The molecule has 2 heterocycles. The van der Waals surface area contributed by atoms with Gasteiger partial charge in [-0.2, -0.15) is 0 Å². The zero-order valence-electron chi connectivity index (χ0n) is 13.3. The van der Waals surface area contributed by atoms with Crippen molar-refractivity contribution in [2.75, 3.05) is 6.61 Å². The van der Waals surface area contributed by atoms with Crippen LogP contribution < -0.4 is 0 Å². The lowest BCUT2D eigenvalue weighted by atomic mass is 9.80. The molecular weight excluding hydrogens is 260 g/mol. The van der Waals surface area contributed by atoms with Crippen LogP contribution in [-0.2, 0) is 14.2 Å². The minimum absolute atomic E-state index is 0.00899. The van der Waals surface area contributed by atoms with Gasteiger partial charge in [-0.25, -0.2) is 0 Å². The van der Waals surface area contributed by atoms with Crippen LogP contribution in [0, 0.1) is 5.92 Å². The van der Waals surface area contributed by atoms with Gasteiger partial charge >= 0.3 is 0 Å². The van der Waals surface area contributed by atoms with Crippen molar-refractivity contribution >= 4 is 0 Å². The number of hydrogen-bond acceptors (Lipinski definition) is 5. The van der Waals surface area contributed by atoms with Gasteiger partial charge in [-0.1, -0.05) is 13.8 Å². The van der Waals surface area contributed by atoms with Crippen LogP contribution in [-0.4, -0.2) is 52.1 Å². The number of rotatable bonds is 4. The molecule has 0 spiro atoms. The van der Waals surface area contributed by atoms with Gasteiger partial charge in [-0.05, 0) is 34.1 Å². The van der Waals surface area contributed by atoms with E-state index in [4.69, 9.17) is 14.2 Å². The van der Waals surface area contributed by atoms with Crippen LogP contribution in [0.4, 0.5) is 0 Å². The molecule has 2 N–H and O–H groups in total. The summed E-state index contributed by atoms with van der Waals surface area (Å²) in [6, 6.07) is 0. The van der Waals surface area contributed by atoms with E-state index in [0.29, 0.717) is 6.42 Å². The van der Waals surface area contributed by atoms with Gasteiger partial charge in [0.25, 0.3) is 0 Å². The van der Waals surface area contributed by atoms with E-state index in [2.05, 4.69) is 0 Å². The Labute approximate surface area is 121 Å². The maximum atomic E-state index is 10.4. The fourth-order valence-electron chi connectivity index (χ4n) is 3.79. The minimum atomic E-state index is -0.828. The van der Waals surface area contributed by atoms with Crippen LogP contribution in [0.25, 0.3) is 0 Å². The Morgan fingerprint density at radius 3 is 2.25 bits per heavy atom. The average molecular weight is 288 g/mol. The lowest BCUT2D eigenvalue weighted by Gasteiger charge is -2.35. The van der Waals surface area contributed by atoms with Crippen LogP contribution in [0.3, 0.4) is 0 Å². The van der Waals surface area contributed by atoms with Crippen molar-refractivity contribution in [2.45, 2.75) is 83.3 Å². The average Bonchev–Trinajstić information content (AvgIpc) is 2.75. The Kier molecular flexibility index (Phi) is 3.98. The van der Waals surface area contributed by atoms with Gasteiger partial charge in [0.1, 0.15) is 17.3 Å². The second-order valence-electron chi connectivity index (χ2n) is 6.99. The highest BCUT2D eigenvalue weighted by molar-refractivity contribution is 5.15. The molecule has 2 fully saturated rings. The lowest BCUT2D eigenvalue weighted by molar-refractivity contribution is -0.239. The van der Waals surface area contributed by atoms with Crippen molar-refractivity contribution < 1.29 is 24.4 Å². The van der Waals surface area contributed by atoms with Gasteiger partial charge in [0.2, 0.25) is 0 Å². The number of aliphatic hydroxyl groups is 2. The standard InChI is InChI=1S/C15H28O5/c1-7-10(17)14(5)12-15(6,20-13(3,4)19-12)11(18-14)9(2)8-16/h9-12,16-17H,7-8H2,1-6H3/t9-,10-,11-,12-,14+,15+/m1/s1. The van der Waals surface area contributed by atoms with Gasteiger partial charge in [0.05, 0.1) is 12.2 Å². The molecule has 2 aliphatic heterocycles. The van der Waals surface area contributed by atoms with Crippen LogP contribution in [0.1, 0.15) is 48.0 Å². The summed E-state index contributed by atoms with van der Waals surface area (Å²) in [5.74, 6) is -0.809. The molecule has 2 aliphatic rings. The first-order valence-corrected chi connectivity index (χ1v) is 7.45. The minimum Gasteiger partial charge on any atom is -0.396 e. The van der Waals surface area contributed by atoms with Crippen molar-refractivity contribution in [2.24, 2.45) is 5.92 Å². The predicted octanol–water partition coefficient (Wildman–Crippen LogP) is 1.45. The zero-order valence-corrected chi connectivity index (χ0v) is 13.3. The molecule has 0 aliphatic carbocycles. The van der Waals surface area contributed by atoms with Crippen molar-refractivity contribution in [1.29, 1.82) is 0 Å². The van der Waals surface area contributed by atoms with E-state index in [1.165, 1.54) is 0 Å². The van der Waals surface area contributed by atoms with Crippen LogP contribution in [0.5, 0.6) is 0 Å². The quantitative estimate of drug-likeness (QED) is 0.819. The Bertz CT molecular complexity index is 371. The second kappa shape index (κ2) is 4.92. The van der Waals surface area contributed by atoms with E-state index < -0.39 is 23.1 Å². The van der Waals surface area contributed by atoms with E-state index in [0.717, 1.165) is 0 Å². The van der Waals surface area contributed by atoms with Crippen molar-refractivity contribution in [3.63, 3.8) is 0 Å². The fraction of sp³-hybridized carbons (Fsp3) is 1.00. The van der Waals surface area contributed by atoms with Crippen LogP contribution in [0.15, 0.2) is 0 Å². The number of hydrogen-bond donors (Lipinski definition) is 2. The molecule has 0 aromatic rings. The summed E-state index contributed by atoms with van der Waals surface area (Å²) >= 11 is 0. The summed E-state index contributed by atoms with van der Waals surface area (Å²) in [5, 5.41) is 19.9. The first kappa shape index (κ1) is 16.2. The van der Waals surface area contributed by atoms with Crippen molar-refractivity contribution in [3.8, 4) is 0 Å². The maximum Gasteiger partial charge on any atom is 0.164 e. The number of fused-ring (bicyclic) bond motifs is 1. The van der Waals surface area contributed by atoms with Crippen molar-refractivity contribution in [3.05, 3.63) is 0 Å². The summed E-state index contributed by atoms with van der Waals surface area (Å²) in [6.45, 7) is 11.4. The maximum absolute atomic E-state index is 10.4. The second-order valence-corrected chi connectivity index (χ2v) is 6.99. The monoisotopic (exact) mass is 288 g/mol. The smallest absolute Gasteiger partial charge is 0.164 e. The Morgan fingerprint density at radius 1 is 1.15 bits per heavy atom. The Morgan fingerprint density at radius 2 is 1.75 bits per heavy atom. The molecule has 0 aromatic carbocycles. The van der Waals surface area contributed by atoms with Crippen LogP contribution >= 0.6 is 0 Å². The van der Waals surface area contributed by atoms with Crippen molar-refractivity contribution in [1.82, 2.24) is 0 Å². The zero-order chi connectivity index (χ0) is 15.3. The molecule has 0 aromatic heterocycles. The molecule has 20 heavy (non-hydrogen) atoms. The lowest BCUT2D eigenvalue weighted by Crippen LogP contribution is -2.52. The topological polar surface area (TPSA) is 68.2 Å². The Balaban J connectivity index is 2.41. The molecule has 2 saturated heterocycles. The highest BCUT2D eigenvalue weighted by Gasteiger charge is 2.70. The van der Waals surface area contributed by atoms with Gasteiger partial charge in [0, 0.05) is 12.5 Å². The van der Waals surface area contributed by atoms with E-state index in [1.54, 1.807) is 0 Å². The third-order valence-electron chi connectivity index (χ3n) is 4.71. The van der Waals surface area contributed by atoms with E-state index in [1.807, 2.05) is 41.5 Å². The normalized spacial score (nSPS) is 46.2. The van der Waals surface area contributed by atoms with Gasteiger partial charge in [0.15, 0.2) is 5.79 Å². The third-order valence-corrected chi connectivity index (χ3v) is 4.71. The molecule has 0 amide bonds. The van der Waals surface area contributed by atoms with Gasteiger partial charge in [-0.3, -0.25) is 0 Å². The summed E-state index contributed by atoms with van der Waals surface area (Å²) in [7, 11) is 0. The summed E-state index contributed by atoms with van der Waals surface area (Å²) in [6.07, 6.45) is -0.739. The molecular formula is C15H28O5. The SMILES string of the molecule is CC[C@@H](O)[C@]1(C)O[C@H]([C@H](C)CO)[C@]2(C)OC(C)(C)O[C@H]12. The molecule has 2 rings (SSSR count). The molecule has 0 saturated carbocycles. The Hall–Kier alpha value is -0.200. The fourth-order valence-corrected chi connectivity index (χ4v) is 3.79. The van der Waals surface area contributed by atoms with E-state index >= 15 is 0 Å². The van der Waals surface area contributed by atoms with Crippen LogP contribution in [0.2, 0.25) is 0 Å².